The van der Waals surface area contributed by atoms with Crippen LogP contribution in [0.15, 0.2) is 30.3 Å². The molecule has 1 N–H and O–H groups in total. The fourth-order valence-corrected chi connectivity index (χ4v) is 2.45. The van der Waals surface area contributed by atoms with Crippen LogP contribution in [-0.2, 0) is 11.3 Å². The zero-order valence-corrected chi connectivity index (χ0v) is 12.4. The Kier molecular flexibility index (Phi) is 4.97. The van der Waals surface area contributed by atoms with Crippen LogP contribution in [0.2, 0.25) is 0 Å². The second kappa shape index (κ2) is 6.51. The van der Waals surface area contributed by atoms with E-state index in [0.29, 0.717) is 6.04 Å². The van der Waals surface area contributed by atoms with E-state index >= 15 is 0 Å². The SMILES string of the molecule is COC(C)(C)CNC1CCN(Cc2ccccc2)C1. The van der Waals surface area contributed by atoms with Gasteiger partial charge in [-0.05, 0) is 25.8 Å². The van der Waals surface area contributed by atoms with Gasteiger partial charge in [0, 0.05) is 39.3 Å². The van der Waals surface area contributed by atoms with Crippen molar-refractivity contribution in [2.75, 3.05) is 26.7 Å². The van der Waals surface area contributed by atoms with E-state index in [1.165, 1.54) is 18.5 Å². The molecule has 2 rings (SSSR count). The minimum atomic E-state index is -0.0765. The van der Waals surface area contributed by atoms with Crippen molar-refractivity contribution in [3.63, 3.8) is 0 Å². The predicted molar refractivity (Wildman–Crippen MR) is 79.2 cm³/mol. The van der Waals surface area contributed by atoms with Crippen molar-refractivity contribution in [3.05, 3.63) is 35.9 Å². The Morgan fingerprint density at radius 1 is 1.32 bits per heavy atom. The Hall–Kier alpha value is -0.900. The summed E-state index contributed by atoms with van der Waals surface area (Å²) in [4.78, 5) is 2.52. The maximum Gasteiger partial charge on any atom is 0.0746 e. The molecule has 1 aromatic rings. The average Bonchev–Trinajstić information content (AvgIpc) is 2.86. The minimum absolute atomic E-state index is 0.0765. The van der Waals surface area contributed by atoms with Crippen LogP contribution in [0.4, 0.5) is 0 Å². The molecule has 106 valence electrons. The number of methoxy groups -OCH3 is 1. The second-order valence-electron chi connectivity index (χ2n) is 6.05. The molecule has 1 atom stereocenters. The lowest BCUT2D eigenvalue weighted by molar-refractivity contribution is 0.0212. The van der Waals surface area contributed by atoms with Crippen LogP contribution in [0.1, 0.15) is 25.8 Å². The molecule has 0 aromatic heterocycles. The molecule has 1 aliphatic rings. The summed E-state index contributed by atoms with van der Waals surface area (Å²) >= 11 is 0. The molecule has 1 aromatic carbocycles. The van der Waals surface area contributed by atoms with E-state index in [1.807, 2.05) is 0 Å². The van der Waals surface area contributed by atoms with E-state index in [0.717, 1.165) is 19.6 Å². The largest absolute Gasteiger partial charge is 0.377 e. The van der Waals surface area contributed by atoms with Crippen LogP contribution in [0.5, 0.6) is 0 Å². The highest BCUT2D eigenvalue weighted by atomic mass is 16.5. The van der Waals surface area contributed by atoms with Gasteiger partial charge in [0.2, 0.25) is 0 Å². The quantitative estimate of drug-likeness (QED) is 0.851. The Morgan fingerprint density at radius 3 is 2.74 bits per heavy atom. The van der Waals surface area contributed by atoms with Gasteiger partial charge in [-0.25, -0.2) is 0 Å². The number of hydrogen-bond acceptors (Lipinski definition) is 3. The second-order valence-corrected chi connectivity index (χ2v) is 6.05. The Labute approximate surface area is 116 Å². The van der Waals surface area contributed by atoms with Crippen molar-refractivity contribution in [1.29, 1.82) is 0 Å². The van der Waals surface area contributed by atoms with Crippen molar-refractivity contribution in [2.45, 2.75) is 38.5 Å². The zero-order chi connectivity index (χ0) is 13.7. The lowest BCUT2D eigenvalue weighted by Crippen LogP contribution is -2.42. The molecule has 0 amide bonds. The summed E-state index contributed by atoms with van der Waals surface area (Å²) in [5.41, 5.74) is 1.33. The van der Waals surface area contributed by atoms with Crippen molar-refractivity contribution in [2.24, 2.45) is 0 Å². The van der Waals surface area contributed by atoms with Gasteiger partial charge in [0.25, 0.3) is 0 Å². The van der Waals surface area contributed by atoms with Crippen LogP contribution < -0.4 is 5.32 Å². The topological polar surface area (TPSA) is 24.5 Å². The molecule has 1 heterocycles. The van der Waals surface area contributed by atoms with E-state index in [1.54, 1.807) is 7.11 Å². The van der Waals surface area contributed by atoms with Crippen molar-refractivity contribution < 1.29 is 4.74 Å². The summed E-state index contributed by atoms with van der Waals surface area (Å²) in [7, 11) is 1.78. The highest BCUT2D eigenvalue weighted by molar-refractivity contribution is 5.14. The zero-order valence-electron chi connectivity index (χ0n) is 12.4. The number of benzene rings is 1. The van der Waals surface area contributed by atoms with Gasteiger partial charge < -0.3 is 10.1 Å². The molecule has 0 bridgehead atoms. The summed E-state index contributed by atoms with van der Waals surface area (Å²) in [5, 5.41) is 3.62. The molecule has 1 aliphatic heterocycles. The minimum Gasteiger partial charge on any atom is -0.377 e. The number of hydrogen-bond donors (Lipinski definition) is 1. The molecule has 0 spiro atoms. The van der Waals surface area contributed by atoms with Gasteiger partial charge >= 0.3 is 0 Å². The highest BCUT2D eigenvalue weighted by Gasteiger charge is 2.24. The van der Waals surface area contributed by atoms with Crippen LogP contribution in [0.3, 0.4) is 0 Å². The summed E-state index contributed by atoms with van der Waals surface area (Å²) in [6.07, 6.45) is 1.23. The number of nitrogens with one attached hydrogen (secondary N) is 1. The van der Waals surface area contributed by atoms with Gasteiger partial charge in [-0.3, -0.25) is 4.90 Å². The molecule has 1 unspecified atom stereocenters. The first kappa shape index (κ1) is 14.5. The highest BCUT2D eigenvalue weighted by Crippen LogP contribution is 2.14. The Balaban J connectivity index is 1.74. The lowest BCUT2D eigenvalue weighted by atomic mass is 10.1. The van der Waals surface area contributed by atoms with Crippen molar-refractivity contribution in [3.8, 4) is 0 Å². The van der Waals surface area contributed by atoms with E-state index < -0.39 is 0 Å². The van der Waals surface area contributed by atoms with Gasteiger partial charge in [0.1, 0.15) is 0 Å². The van der Waals surface area contributed by atoms with E-state index in [-0.39, 0.29) is 5.60 Å². The molecule has 3 heteroatoms. The van der Waals surface area contributed by atoms with Gasteiger partial charge in [0.05, 0.1) is 5.60 Å². The normalized spacial score (nSPS) is 20.9. The fraction of sp³-hybridized carbons (Fsp3) is 0.625. The first-order valence-electron chi connectivity index (χ1n) is 7.14. The smallest absolute Gasteiger partial charge is 0.0746 e. The molecular formula is C16H26N2O. The van der Waals surface area contributed by atoms with Crippen LogP contribution in [0.25, 0.3) is 0 Å². The molecule has 19 heavy (non-hydrogen) atoms. The van der Waals surface area contributed by atoms with Crippen LogP contribution >= 0.6 is 0 Å². The van der Waals surface area contributed by atoms with E-state index in [9.17, 15) is 0 Å². The third kappa shape index (κ3) is 4.60. The number of rotatable bonds is 6. The molecule has 0 radical (unpaired) electrons. The van der Waals surface area contributed by atoms with Gasteiger partial charge in [-0.15, -0.1) is 0 Å². The van der Waals surface area contributed by atoms with Crippen LogP contribution in [0, 0.1) is 0 Å². The first-order valence-corrected chi connectivity index (χ1v) is 7.14. The fourth-order valence-electron chi connectivity index (χ4n) is 2.45. The summed E-state index contributed by atoms with van der Waals surface area (Å²) in [5.74, 6) is 0. The van der Waals surface area contributed by atoms with Gasteiger partial charge in [-0.1, -0.05) is 30.3 Å². The number of ether oxygens (including phenoxy) is 1. The number of nitrogens with zero attached hydrogens (tertiary/aromatic N) is 1. The molecule has 0 aliphatic carbocycles. The van der Waals surface area contributed by atoms with E-state index in [2.05, 4.69) is 54.4 Å². The molecule has 1 saturated heterocycles. The summed E-state index contributed by atoms with van der Waals surface area (Å²) in [6.45, 7) is 8.53. The molecule has 3 nitrogen and oxygen atoms in total. The summed E-state index contributed by atoms with van der Waals surface area (Å²) in [6, 6.07) is 11.3. The van der Waals surface area contributed by atoms with Gasteiger partial charge in [0.15, 0.2) is 0 Å². The predicted octanol–water partition coefficient (Wildman–Crippen LogP) is 2.28. The van der Waals surface area contributed by atoms with Crippen molar-refractivity contribution >= 4 is 0 Å². The molecule has 1 fully saturated rings. The van der Waals surface area contributed by atoms with Crippen LogP contribution in [-0.4, -0.2) is 43.3 Å². The van der Waals surface area contributed by atoms with E-state index in [4.69, 9.17) is 4.74 Å². The molecule has 0 saturated carbocycles. The Morgan fingerprint density at radius 2 is 2.05 bits per heavy atom. The first-order chi connectivity index (χ1) is 9.09. The maximum absolute atomic E-state index is 5.44. The standard InChI is InChI=1S/C16H26N2O/c1-16(2,19-3)13-17-15-9-10-18(12-15)11-14-7-5-4-6-8-14/h4-8,15,17H,9-13H2,1-3H3. The summed E-state index contributed by atoms with van der Waals surface area (Å²) < 4.78 is 5.44. The van der Waals surface area contributed by atoms with Crippen molar-refractivity contribution in [1.82, 2.24) is 10.2 Å². The van der Waals surface area contributed by atoms with Gasteiger partial charge in [-0.2, -0.15) is 0 Å². The Bertz CT molecular complexity index is 378. The number of likely N-dealkylation sites (tertiary alicyclic amines) is 1. The third-order valence-corrected chi connectivity index (χ3v) is 3.89. The molecular weight excluding hydrogens is 236 g/mol. The average molecular weight is 262 g/mol. The maximum atomic E-state index is 5.44. The third-order valence-electron chi connectivity index (χ3n) is 3.89. The lowest BCUT2D eigenvalue weighted by Gasteiger charge is -2.25. The monoisotopic (exact) mass is 262 g/mol.